The second kappa shape index (κ2) is 10.5. The van der Waals surface area contributed by atoms with Crippen molar-refractivity contribution in [2.24, 2.45) is 28.2 Å². The van der Waals surface area contributed by atoms with Crippen LogP contribution in [0.25, 0.3) is 16.8 Å². The molecule has 0 radical (unpaired) electrons. The number of hydrazine groups is 1. The highest BCUT2D eigenvalue weighted by atomic mass is 15.6. The fourth-order valence-electron chi connectivity index (χ4n) is 8.31. The standard InChI is InChI=1S/C35H44N6/c1-23-30-21-27(35(30,2)3)22-31(23)40-17-19-41(20-18-40)39-34(36-4)38-28-13-11-26(12-14-28)33-32-25(15-16-37-33)10-9-24-7-5-6-8-29(24)32/h5-16,23,27,30-31,33,37H,17-22H2,1-4H3,(H2,36,38,39). The van der Waals surface area contributed by atoms with Crippen LogP contribution >= 0.6 is 0 Å². The van der Waals surface area contributed by atoms with Gasteiger partial charge in [-0.1, -0.05) is 69.3 Å². The van der Waals surface area contributed by atoms with E-state index in [1.807, 2.05) is 7.05 Å². The number of hydrogen-bond acceptors (Lipinski definition) is 4. The molecule has 3 saturated carbocycles. The van der Waals surface area contributed by atoms with E-state index in [4.69, 9.17) is 0 Å². The first-order valence-corrected chi connectivity index (χ1v) is 15.5. The van der Waals surface area contributed by atoms with Crippen molar-refractivity contribution in [2.45, 2.75) is 45.7 Å². The maximum absolute atomic E-state index is 4.52. The highest BCUT2D eigenvalue weighted by molar-refractivity contribution is 5.93. The molecule has 0 amide bonds. The first-order chi connectivity index (χ1) is 19.9. The molecule has 2 heterocycles. The summed E-state index contributed by atoms with van der Waals surface area (Å²) in [5, 5.41) is 12.0. The molecule has 3 aromatic carbocycles. The molecule has 5 atom stereocenters. The van der Waals surface area contributed by atoms with Gasteiger partial charge in [-0.2, -0.15) is 0 Å². The zero-order valence-electron chi connectivity index (χ0n) is 24.9. The molecule has 2 aliphatic heterocycles. The van der Waals surface area contributed by atoms with Gasteiger partial charge in [0.1, 0.15) is 0 Å². The summed E-state index contributed by atoms with van der Waals surface area (Å²) in [6.45, 7) is 11.8. The summed E-state index contributed by atoms with van der Waals surface area (Å²) in [5.74, 6) is 3.41. The van der Waals surface area contributed by atoms with Gasteiger partial charge in [0, 0.05) is 45.0 Å². The third-order valence-electron chi connectivity index (χ3n) is 10.9. The molecule has 5 aliphatic rings. The Balaban J connectivity index is 0.969. The quantitative estimate of drug-likeness (QED) is 0.272. The normalized spacial score (nSPS) is 29.4. The first-order valence-electron chi connectivity index (χ1n) is 15.5. The molecule has 0 aromatic heterocycles. The monoisotopic (exact) mass is 548 g/mol. The number of benzene rings is 3. The van der Waals surface area contributed by atoms with Gasteiger partial charge in [0.2, 0.25) is 5.96 Å². The number of nitrogens with one attached hydrogen (secondary N) is 3. The van der Waals surface area contributed by atoms with Crippen LogP contribution in [-0.4, -0.2) is 55.1 Å². The van der Waals surface area contributed by atoms with Gasteiger partial charge < -0.3 is 10.6 Å². The van der Waals surface area contributed by atoms with Gasteiger partial charge >= 0.3 is 0 Å². The Kier molecular flexibility index (Phi) is 6.79. The zero-order valence-corrected chi connectivity index (χ0v) is 24.9. The van der Waals surface area contributed by atoms with Gasteiger partial charge in [-0.15, -0.1) is 0 Å². The number of piperazine rings is 1. The smallest absolute Gasteiger partial charge is 0.210 e. The van der Waals surface area contributed by atoms with Crippen LogP contribution < -0.4 is 16.1 Å². The summed E-state index contributed by atoms with van der Waals surface area (Å²) in [6.07, 6.45) is 7.07. The fraction of sp³-hybridized carbons (Fsp3) is 0.457. The molecule has 3 aromatic rings. The van der Waals surface area contributed by atoms with E-state index in [-0.39, 0.29) is 6.04 Å². The topological polar surface area (TPSA) is 54.9 Å². The van der Waals surface area contributed by atoms with Crippen molar-refractivity contribution in [1.82, 2.24) is 20.7 Å². The highest BCUT2D eigenvalue weighted by Gasteiger charge is 2.57. The van der Waals surface area contributed by atoms with Crippen LogP contribution in [0.5, 0.6) is 0 Å². The maximum Gasteiger partial charge on any atom is 0.210 e. The van der Waals surface area contributed by atoms with Gasteiger partial charge in [0.15, 0.2) is 0 Å². The molecule has 6 heteroatoms. The predicted octanol–water partition coefficient (Wildman–Crippen LogP) is 6.09. The molecule has 6 nitrogen and oxygen atoms in total. The number of nitrogens with zero attached hydrogens (tertiary/aromatic N) is 3. The third kappa shape index (κ3) is 4.71. The van der Waals surface area contributed by atoms with Crippen molar-refractivity contribution >= 4 is 28.5 Å². The molecule has 1 saturated heterocycles. The molecule has 3 N–H and O–H groups in total. The SMILES string of the molecule is CN=C(Nc1ccc(C2NC=Cc3ccc4ccccc4c32)cc1)NN1CCN(C2CC3CC(C2C)C3(C)C)CC1. The van der Waals surface area contributed by atoms with E-state index in [9.17, 15) is 0 Å². The molecular formula is C35H44N6. The molecular weight excluding hydrogens is 504 g/mol. The minimum Gasteiger partial charge on any atom is -0.380 e. The molecule has 3 aliphatic carbocycles. The van der Waals surface area contributed by atoms with Crippen molar-refractivity contribution in [1.29, 1.82) is 0 Å². The van der Waals surface area contributed by atoms with E-state index in [1.54, 1.807) is 0 Å². The Morgan fingerprint density at radius 1 is 0.951 bits per heavy atom. The number of aliphatic imine (C=N–C) groups is 1. The Labute approximate surface area is 244 Å². The largest absolute Gasteiger partial charge is 0.380 e. The van der Waals surface area contributed by atoms with E-state index >= 15 is 0 Å². The summed E-state index contributed by atoms with van der Waals surface area (Å²) >= 11 is 0. The van der Waals surface area contributed by atoms with Crippen LogP contribution in [0.4, 0.5) is 5.69 Å². The Hall–Kier alpha value is -3.35. The van der Waals surface area contributed by atoms with Crippen molar-refractivity contribution in [3.05, 3.63) is 83.6 Å². The molecule has 214 valence electrons. The summed E-state index contributed by atoms with van der Waals surface area (Å²) in [6, 6.07) is 22.7. The molecule has 2 bridgehead atoms. The minimum absolute atomic E-state index is 0.118. The van der Waals surface area contributed by atoms with E-state index < -0.39 is 0 Å². The van der Waals surface area contributed by atoms with Crippen LogP contribution in [0.15, 0.2) is 71.9 Å². The van der Waals surface area contributed by atoms with Crippen molar-refractivity contribution < 1.29 is 0 Å². The summed E-state index contributed by atoms with van der Waals surface area (Å²) in [7, 11) is 1.85. The van der Waals surface area contributed by atoms with E-state index in [1.165, 1.54) is 40.3 Å². The molecule has 41 heavy (non-hydrogen) atoms. The second-order valence-electron chi connectivity index (χ2n) is 13.2. The number of fused-ring (bicyclic) bond motifs is 5. The molecule has 5 unspecified atom stereocenters. The minimum atomic E-state index is 0.118. The highest BCUT2D eigenvalue weighted by Crippen LogP contribution is 2.62. The van der Waals surface area contributed by atoms with Crippen LogP contribution in [0, 0.1) is 23.2 Å². The van der Waals surface area contributed by atoms with Crippen LogP contribution in [0.1, 0.15) is 56.3 Å². The van der Waals surface area contributed by atoms with Crippen LogP contribution in [0.3, 0.4) is 0 Å². The van der Waals surface area contributed by atoms with Gasteiger partial charge in [-0.05, 0) is 87.9 Å². The molecule has 8 rings (SSSR count). The van der Waals surface area contributed by atoms with Crippen molar-refractivity contribution in [3.63, 3.8) is 0 Å². The third-order valence-corrected chi connectivity index (χ3v) is 10.9. The van der Waals surface area contributed by atoms with Gasteiger partial charge in [0.25, 0.3) is 0 Å². The van der Waals surface area contributed by atoms with Crippen molar-refractivity contribution in [3.8, 4) is 0 Å². The lowest BCUT2D eigenvalue weighted by atomic mass is 9.44. The van der Waals surface area contributed by atoms with Gasteiger partial charge in [-0.25, -0.2) is 5.01 Å². The number of anilines is 1. The van der Waals surface area contributed by atoms with Crippen LogP contribution in [0.2, 0.25) is 0 Å². The lowest BCUT2D eigenvalue weighted by molar-refractivity contribution is -0.143. The Morgan fingerprint density at radius 2 is 1.73 bits per heavy atom. The van der Waals surface area contributed by atoms with Crippen LogP contribution in [-0.2, 0) is 0 Å². The zero-order chi connectivity index (χ0) is 28.1. The number of hydrogen-bond donors (Lipinski definition) is 3. The molecule has 0 spiro atoms. The van der Waals surface area contributed by atoms with Gasteiger partial charge in [-0.3, -0.25) is 15.3 Å². The second-order valence-corrected chi connectivity index (χ2v) is 13.2. The number of rotatable bonds is 4. The molecule has 4 fully saturated rings. The van der Waals surface area contributed by atoms with Crippen molar-refractivity contribution in [2.75, 3.05) is 38.5 Å². The summed E-state index contributed by atoms with van der Waals surface area (Å²) in [5.41, 5.74) is 9.00. The summed E-state index contributed by atoms with van der Waals surface area (Å²) < 4.78 is 0. The average Bonchev–Trinajstić information content (AvgIpc) is 3.01. The number of guanidine groups is 1. The fourth-order valence-corrected chi connectivity index (χ4v) is 8.31. The maximum atomic E-state index is 4.52. The first kappa shape index (κ1) is 26.5. The lowest BCUT2D eigenvalue weighted by Crippen LogP contribution is -2.64. The van der Waals surface area contributed by atoms with Gasteiger partial charge in [0.05, 0.1) is 6.04 Å². The Bertz CT molecular complexity index is 1470. The summed E-state index contributed by atoms with van der Waals surface area (Å²) in [4.78, 5) is 7.29. The lowest BCUT2D eigenvalue weighted by Gasteiger charge is -2.64. The predicted molar refractivity (Wildman–Crippen MR) is 171 cm³/mol. The van der Waals surface area contributed by atoms with E-state index in [0.29, 0.717) is 5.41 Å². The van der Waals surface area contributed by atoms with E-state index in [0.717, 1.165) is 61.6 Å². The Morgan fingerprint density at radius 3 is 2.46 bits per heavy atom. The average molecular weight is 549 g/mol. The van der Waals surface area contributed by atoms with E-state index in [2.05, 4.69) is 125 Å².